The molecule has 1 fully saturated rings. The molecule has 1 saturated heterocycles. The van der Waals surface area contributed by atoms with Crippen LogP contribution in [0.3, 0.4) is 0 Å². The monoisotopic (exact) mass is 305 g/mol. The number of nitrogens with zero attached hydrogens (tertiary/aromatic N) is 3. The molecule has 2 aliphatic rings. The summed E-state index contributed by atoms with van der Waals surface area (Å²) in [7, 11) is 0. The summed E-state index contributed by atoms with van der Waals surface area (Å²) in [5, 5.41) is 9.43. The molecular formula is C15H16ClN3O2. The van der Waals surface area contributed by atoms with Crippen LogP contribution in [-0.4, -0.2) is 28.0 Å². The molecule has 2 aliphatic heterocycles. The molecule has 0 amide bonds. The van der Waals surface area contributed by atoms with Gasteiger partial charge in [0.2, 0.25) is 0 Å². The van der Waals surface area contributed by atoms with Gasteiger partial charge in [-0.05, 0) is 31.4 Å². The molecule has 0 radical (unpaired) electrons. The summed E-state index contributed by atoms with van der Waals surface area (Å²) in [4.78, 5) is 0. The van der Waals surface area contributed by atoms with Crippen molar-refractivity contribution in [1.82, 2.24) is 14.8 Å². The highest BCUT2D eigenvalue weighted by Gasteiger charge is 2.28. The minimum Gasteiger partial charge on any atom is -0.483 e. The van der Waals surface area contributed by atoms with Gasteiger partial charge in [-0.15, -0.1) is 10.2 Å². The summed E-state index contributed by atoms with van der Waals surface area (Å²) in [6.45, 7) is 4.00. The molecule has 0 spiro atoms. The Labute approximate surface area is 127 Å². The summed E-state index contributed by atoms with van der Waals surface area (Å²) in [6, 6.07) is 3.93. The number of aryl methyl sites for hydroxylation is 1. The van der Waals surface area contributed by atoms with Crippen LogP contribution in [0.25, 0.3) is 5.69 Å². The minimum atomic E-state index is 0.391. The maximum atomic E-state index is 6.20. The average molecular weight is 306 g/mol. The molecule has 1 aromatic carbocycles. The molecule has 2 aromatic rings. The van der Waals surface area contributed by atoms with Gasteiger partial charge in [-0.1, -0.05) is 11.6 Å². The van der Waals surface area contributed by atoms with E-state index >= 15 is 0 Å². The van der Waals surface area contributed by atoms with Crippen molar-refractivity contribution in [1.29, 1.82) is 0 Å². The standard InChI is InChI=1S/C15H16ClN3O2/c1-9-6-12-13(7-11(9)16)21-8-14-17-18-15(19(12)14)10-2-4-20-5-3-10/h6-7,10H,2-5,8H2,1H3. The van der Waals surface area contributed by atoms with Gasteiger partial charge in [0, 0.05) is 30.2 Å². The summed E-state index contributed by atoms with van der Waals surface area (Å²) in [5.41, 5.74) is 2.02. The number of halogens is 1. The molecular weight excluding hydrogens is 290 g/mol. The normalized spacial score (nSPS) is 18.0. The van der Waals surface area contributed by atoms with E-state index in [9.17, 15) is 0 Å². The highest BCUT2D eigenvalue weighted by molar-refractivity contribution is 6.31. The predicted octanol–water partition coefficient (Wildman–Crippen LogP) is 3.02. The van der Waals surface area contributed by atoms with Crippen molar-refractivity contribution in [2.75, 3.05) is 13.2 Å². The Morgan fingerprint density at radius 1 is 1.24 bits per heavy atom. The fraction of sp³-hybridized carbons (Fsp3) is 0.467. The number of hydrogen-bond donors (Lipinski definition) is 0. The van der Waals surface area contributed by atoms with Crippen LogP contribution < -0.4 is 4.74 Å². The Hall–Kier alpha value is -1.59. The highest BCUT2D eigenvalue weighted by Crippen LogP contribution is 2.37. The molecule has 5 nitrogen and oxygen atoms in total. The first-order valence-corrected chi connectivity index (χ1v) is 7.57. The quantitative estimate of drug-likeness (QED) is 0.812. The zero-order valence-electron chi connectivity index (χ0n) is 11.8. The molecule has 3 heterocycles. The van der Waals surface area contributed by atoms with Gasteiger partial charge >= 0.3 is 0 Å². The van der Waals surface area contributed by atoms with Crippen molar-refractivity contribution in [3.8, 4) is 11.4 Å². The molecule has 0 saturated carbocycles. The zero-order valence-corrected chi connectivity index (χ0v) is 12.6. The summed E-state index contributed by atoms with van der Waals surface area (Å²) < 4.78 is 13.3. The molecule has 0 unspecified atom stereocenters. The fourth-order valence-electron chi connectivity index (χ4n) is 2.99. The van der Waals surface area contributed by atoms with Crippen LogP contribution in [0.4, 0.5) is 0 Å². The average Bonchev–Trinajstić information content (AvgIpc) is 2.94. The van der Waals surface area contributed by atoms with Crippen LogP contribution >= 0.6 is 11.6 Å². The van der Waals surface area contributed by atoms with Crippen molar-refractivity contribution in [3.05, 3.63) is 34.4 Å². The van der Waals surface area contributed by atoms with Gasteiger partial charge < -0.3 is 9.47 Å². The maximum Gasteiger partial charge on any atom is 0.175 e. The number of benzene rings is 1. The van der Waals surface area contributed by atoms with Crippen LogP contribution in [-0.2, 0) is 11.3 Å². The van der Waals surface area contributed by atoms with E-state index in [0.29, 0.717) is 12.5 Å². The first-order valence-electron chi connectivity index (χ1n) is 7.19. The van der Waals surface area contributed by atoms with Gasteiger partial charge in [-0.25, -0.2) is 0 Å². The van der Waals surface area contributed by atoms with E-state index in [2.05, 4.69) is 14.8 Å². The molecule has 0 aliphatic carbocycles. The number of ether oxygens (including phenoxy) is 2. The summed E-state index contributed by atoms with van der Waals surface area (Å²) in [5.74, 6) is 3.05. The Morgan fingerprint density at radius 2 is 2.05 bits per heavy atom. The van der Waals surface area contributed by atoms with E-state index in [1.165, 1.54) is 0 Å². The van der Waals surface area contributed by atoms with Gasteiger partial charge in [-0.2, -0.15) is 0 Å². The molecule has 1 aromatic heterocycles. The summed E-state index contributed by atoms with van der Waals surface area (Å²) in [6.07, 6.45) is 1.97. The van der Waals surface area contributed by atoms with Gasteiger partial charge in [0.25, 0.3) is 0 Å². The molecule has 21 heavy (non-hydrogen) atoms. The third kappa shape index (κ3) is 2.12. The van der Waals surface area contributed by atoms with Crippen LogP contribution in [0, 0.1) is 6.92 Å². The fourth-order valence-corrected chi connectivity index (χ4v) is 3.14. The van der Waals surface area contributed by atoms with Gasteiger partial charge in [0.05, 0.1) is 5.69 Å². The molecule has 6 heteroatoms. The first kappa shape index (κ1) is 13.1. The minimum absolute atomic E-state index is 0.391. The Bertz CT molecular complexity index is 692. The molecule has 0 atom stereocenters. The highest BCUT2D eigenvalue weighted by atomic mass is 35.5. The zero-order chi connectivity index (χ0) is 14.4. The van der Waals surface area contributed by atoms with E-state index in [-0.39, 0.29) is 0 Å². The number of hydrogen-bond acceptors (Lipinski definition) is 4. The van der Waals surface area contributed by atoms with Crippen molar-refractivity contribution in [2.45, 2.75) is 32.3 Å². The maximum absolute atomic E-state index is 6.20. The van der Waals surface area contributed by atoms with Crippen molar-refractivity contribution in [2.24, 2.45) is 0 Å². The smallest absolute Gasteiger partial charge is 0.175 e. The lowest BCUT2D eigenvalue weighted by Crippen LogP contribution is -2.20. The lowest BCUT2D eigenvalue weighted by atomic mass is 9.99. The predicted molar refractivity (Wildman–Crippen MR) is 78.2 cm³/mol. The number of aromatic nitrogens is 3. The molecule has 0 N–H and O–H groups in total. The topological polar surface area (TPSA) is 49.2 Å². The Kier molecular flexibility index (Phi) is 3.12. The van der Waals surface area contributed by atoms with Crippen molar-refractivity contribution >= 4 is 11.6 Å². The van der Waals surface area contributed by atoms with Gasteiger partial charge in [0.1, 0.15) is 18.2 Å². The second kappa shape index (κ2) is 5.00. The molecule has 4 rings (SSSR count). The van der Waals surface area contributed by atoms with Crippen molar-refractivity contribution < 1.29 is 9.47 Å². The number of fused-ring (bicyclic) bond motifs is 3. The van der Waals surface area contributed by atoms with Crippen LogP contribution in [0.2, 0.25) is 5.02 Å². The summed E-state index contributed by atoms with van der Waals surface area (Å²) >= 11 is 6.20. The number of rotatable bonds is 1. The first-order chi connectivity index (χ1) is 10.2. The van der Waals surface area contributed by atoms with E-state index in [4.69, 9.17) is 21.1 Å². The third-order valence-corrected chi connectivity index (χ3v) is 4.59. The lowest BCUT2D eigenvalue weighted by Gasteiger charge is -2.25. The van der Waals surface area contributed by atoms with E-state index in [0.717, 1.165) is 59.7 Å². The second-order valence-corrected chi connectivity index (χ2v) is 5.96. The van der Waals surface area contributed by atoms with E-state index in [1.54, 1.807) is 0 Å². The van der Waals surface area contributed by atoms with Crippen LogP contribution in [0.5, 0.6) is 5.75 Å². The van der Waals surface area contributed by atoms with Crippen molar-refractivity contribution in [3.63, 3.8) is 0 Å². The van der Waals surface area contributed by atoms with Gasteiger partial charge in [0.15, 0.2) is 5.82 Å². The Morgan fingerprint density at radius 3 is 2.86 bits per heavy atom. The van der Waals surface area contributed by atoms with E-state index < -0.39 is 0 Å². The molecule has 0 bridgehead atoms. The molecule has 110 valence electrons. The van der Waals surface area contributed by atoms with E-state index in [1.807, 2.05) is 19.1 Å². The lowest BCUT2D eigenvalue weighted by molar-refractivity contribution is 0.0831. The van der Waals surface area contributed by atoms with Crippen LogP contribution in [0.1, 0.15) is 36.0 Å². The third-order valence-electron chi connectivity index (χ3n) is 4.18. The largest absolute Gasteiger partial charge is 0.483 e. The van der Waals surface area contributed by atoms with Gasteiger partial charge in [-0.3, -0.25) is 4.57 Å². The van der Waals surface area contributed by atoms with Crippen LogP contribution in [0.15, 0.2) is 12.1 Å². The second-order valence-electron chi connectivity index (χ2n) is 5.55. The SMILES string of the molecule is Cc1cc2c(cc1Cl)OCc1nnc(C3CCOCC3)n1-2. The Balaban J connectivity index is 1.84.